The molecule has 0 atom stereocenters. The average Bonchev–Trinajstić information content (AvgIpc) is 2.63. The summed E-state index contributed by atoms with van der Waals surface area (Å²) < 4.78 is 5.21. The molecule has 0 aromatic carbocycles. The van der Waals surface area contributed by atoms with Crippen molar-refractivity contribution in [2.75, 3.05) is 5.73 Å². The van der Waals surface area contributed by atoms with Crippen LogP contribution < -0.4 is 5.73 Å². The van der Waals surface area contributed by atoms with Gasteiger partial charge in [0.25, 0.3) is 0 Å². The molecule has 2 aromatic heterocycles. The molecule has 0 saturated carbocycles. The van der Waals surface area contributed by atoms with E-state index in [1.807, 2.05) is 19.9 Å². The van der Waals surface area contributed by atoms with E-state index in [4.69, 9.17) is 10.2 Å². The van der Waals surface area contributed by atoms with Gasteiger partial charge >= 0.3 is 0 Å². The number of nitrogens with zero attached hydrogens (tertiary/aromatic N) is 2. The minimum Gasteiger partial charge on any atom is -0.469 e. The average molecular weight is 203 g/mol. The number of hydrogen-bond acceptors (Lipinski definition) is 4. The third-order valence-electron chi connectivity index (χ3n) is 2.26. The van der Waals surface area contributed by atoms with Gasteiger partial charge in [0.05, 0.1) is 11.8 Å². The Morgan fingerprint density at radius 1 is 1.40 bits per heavy atom. The summed E-state index contributed by atoms with van der Waals surface area (Å²) in [5.41, 5.74) is 7.55. The van der Waals surface area contributed by atoms with E-state index in [1.54, 1.807) is 12.3 Å². The van der Waals surface area contributed by atoms with Gasteiger partial charge in [-0.3, -0.25) is 0 Å². The molecule has 78 valence electrons. The van der Waals surface area contributed by atoms with Gasteiger partial charge in [0, 0.05) is 11.8 Å². The molecule has 0 fully saturated rings. The zero-order chi connectivity index (χ0) is 10.8. The Morgan fingerprint density at radius 3 is 2.80 bits per heavy atom. The molecule has 2 rings (SSSR count). The molecule has 4 nitrogen and oxygen atoms in total. The highest BCUT2D eigenvalue weighted by molar-refractivity contribution is 5.58. The van der Waals surface area contributed by atoms with Crippen LogP contribution in [0.4, 0.5) is 5.82 Å². The standard InChI is InChI=1S/C11H13N3O/c1-3-8-6-10(12)14-11(13-8)9-4-5-15-7(9)2/h4-6H,3H2,1-2H3,(H2,12,13,14). The number of nitrogens with two attached hydrogens (primary N) is 1. The van der Waals surface area contributed by atoms with E-state index < -0.39 is 0 Å². The summed E-state index contributed by atoms with van der Waals surface area (Å²) in [5, 5.41) is 0. The normalized spacial score (nSPS) is 10.5. The summed E-state index contributed by atoms with van der Waals surface area (Å²) in [5.74, 6) is 1.94. The first kappa shape index (κ1) is 9.71. The van der Waals surface area contributed by atoms with Crippen LogP contribution in [0.2, 0.25) is 0 Å². The van der Waals surface area contributed by atoms with Crippen molar-refractivity contribution in [1.82, 2.24) is 9.97 Å². The van der Waals surface area contributed by atoms with Crippen LogP contribution in [0.3, 0.4) is 0 Å². The topological polar surface area (TPSA) is 64.9 Å². The van der Waals surface area contributed by atoms with Gasteiger partial charge in [0.1, 0.15) is 11.6 Å². The highest BCUT2D eigenvalue weighted by Crippen LogP contribution is 2.21. The Morgan fingerprint density at radius 2 is 2.20 bits per heavy atom. The predicted octanol–water partition coefficient (Wildman–Crippen LogP) is 2.19. The second-order valence-corrected chi connectivity index (χ2v) is 3.35. The largest absolute Gasteiger partial charge is 0.469 e. The fourth-order valence-electron chi connectivity index (χ4n) is 1.44. The van der Waals surface area contributed by atoms with Crippen molar-refractivity contribution < 1.29 is 4.42 Å². The lowest BCUT2D eigenvalue weighted by atomic mass is 10.2. The van der Waals surface area contributed by atoms with E-state index in [0.29, 0.717) is 11.6 Å². The molecule has 0 spiro atoms. The van der Waals surface area contributed by atoms with Crippen molar-refractivity contribution in [2.24, 2.45) is 0 Å². The van der Waals surface area contributed by atoms with Crippen LogP contribution in [-0.2, 0) is 6.42 Å². The van der Waals surface area contributed by atoms with E-state index in [2.05, 4.69) is 9.97 Å². The maximum atomic E-state index is 5.71. The molecule has 0 aliphatic carbocycles. The summed E-state index contributed by atoms with van der Waals surface area (Å²) in [6.07, 6.45) is 2.47. The van der Waals surface area contributed by atoms with E-state index in [9.17, 15) is 0 Å². The molecule has 0 unspecified atom stereocenters. The van der Waals surface area contributed by atoms with Crippen LogP contribution in [0.5, 0.6) is 0 Å². The van der Waals surface area contributed by atoms with Crippen molar-refractivity contribution in [3.63, 3.8) is 0 Å². The molecule has 2 heterocycles. The minimum atomic E-state index is 0.498. The first-order valence-electron chi connectivity index (χ1n) is 4.88. The van der Waals surface area contributed by atoms with Gasteiger partial charge in [-0.25, -0.2) is 9.97 Å². The molecular formula is C11H13N3O. The number of nitrogen functional groups attached to an aromatic ring is 1. The summed E-state index contributed by atoms with van der Waals surface area (Å²) in [6.45, 7) is 3.92. The second kappa shape index (κ2) is 3.73. The Bertz CT molecular complexity index is 476. The van der Waals surface area contributed by atoms with Gasteiger partial charge in [0.15, 0.2) is 5.82 Å². The molecule has 0 bridgehead atoms. The highest BCUT2D eigenvalue weighted by atomic mass is 16.3. The van der Waals surface area contributed by atoms with Crippen LogP contribution in [-0.4, -0.2) is 9.97 Å². The molecule has 0 aliphatic rings. The number of anilines is 1. The van der Waals surface area contributed by atoms with E-state index in [0.717, 1.165) is 23.4 Å². The van der Waals surface area contributed by atoms with E-state index in [1.165, 1.54) is 0 Å². The molecule has 0 aliphatic heterocycles. The Labute approximate surface area is 88.2 Å². The molecule has 2 aromatic rings. The molecule has 15 heavy (non-hydrogen) atoms. The fraction of sp³-hybridized carbons (Fsp3) is 0.273. The van der Waals surface area contributed by atoms with E-state index >= 15 is 0 Å². The van der Waals surface area contributed by atoms with Gasteiger partial charge in [-0.2, -0.15) is 0 Å². The van der Waals surface area contributed by atoms with Gasteiger partial charge < -0.3 is 10.2 Å². The van der Waals surface area contributed by atoms with Crippen molar-refractivity contribution in [1.29, 1.82) is 0 Å². The molecule has 0 saturated heterocycles. The van der Waals surface area contributed by atoms with Crippen LogP contribution in [0.25, 0.3) is 11.4 Å². The number of hydrogen-bond donors (Lipinski definition) is 1. The van der Waals surface area contributed by atoms with Gasteiger partial charge in [-0.1, -0.05) is 6.92 Å². The number of furan rings is 1. The lowest BCUT2D eigenvalue weighted by Crippen LogP contribution is -1.99. The molecule has 0 amide bonds. The quantitative estimate of drug-likeness (QED) is 0.812. The maximum absolute atomic E-state index is 5.71. The molecule has 4 heteroatoms. The molecular weight excluding hydrogens is 190 g/mol. The lowest BCUT2D eigenvalue weighted by molar-refractivity contribution is 0.535. The second-order valence-electron chi connectivity index (χ2n) is 3.35. The number of aromatic nitrogens is 2. The van der Waals surface area contributed by atoms with Crippen LogP contribution in [0, 0.1) is 6.92 Å². The van der Waals surface area contributed by atoms with Crippen molar-refractivity contribution in [3.8, 4) is 11.4 Å². The maximum Gasteiger partial charge on any atom is 0.165 e. The fourth-order valence-corrected chi connectivity index (χ4v) is 1.44. The predicted molar refractivity (Wildman–Crippen MR) is 58.3 cm³/mol. The third-order valence-corrected chi connectivity index (χ3v) is 2.26. The van der Waals surface area contributed by atoms with Gasteiger partial charge in [-0.05, 0) is 19.4 Å². The lowest BCUT2D eigenvalue weighted by Gasteiger charge is -2.02. The van der Waals surface area contributed by atoms with Gasteiger partial charge in [-0.15, -0.1) is 0 Å². The summed E-state index contributed by atoms with van der Waals surface area (Å²) in [6, 6.07) is 3.64. The first-order valence-corrected chi connectivity index (χ1v) is 4.88. The highest BCUT2D eigenvalue weighted by Gasteiger charge is 2.09. The monoisotopic (exact) mass is 203 g/mol. The van der Waals surface area contributed by atoms with Crippen molar-refractivity contribution in [3.05, 3.63) is 29.9 Å². The zero-order valence-corrected chi connectivity index (χ0v) is 8.82. The molecule has 2 N–H and O–H groups in total. The number of rotatable bonds is 2. The van der Waals surface area contributed by atoms with Crippen LogP contribution >= 0.6 is 0 Å². The SMILES string of the molecule is CCc1cc(N)nc(-c2ccoc2C)n1. The number of aryl methyl sites for hydroxylation is 2. The summed E-state index contributed by atoms with van der Waals surface area (Å²) in [4.78, 5) is 8.60. The zero-order valence-electron chi connectivity index (χ0n) is 8.82. The van der Waals surface area contributed by atoms with Crippen molar-refractivity contribution >= 4 is 5.82 Å². The summed E-state index contributed by atoms with van der Waals surface area (Å²) in [7, 11) is 0. The summed E-state index contributed by atoms with van der Waals surface area (Å²) >= 11 is 0. The van der Waals surface area contributed by atoms with Crippen LogP contribution in [0.1, 0.15) is 18.4 Å². The minimum absolute atomic E-state index is 0.498. The Hall–Kier alpha value is -1.84. The smallest absolute Gasteiger partial charge is 0.165 e. The van der Waals surface area contributed by atoms with Crippen LogP contribution in [0.15, 0.2) is 22.8 Å². The van der Waals surface area contributed by atoms with Crippen molar-refractivity contribution in [2.45, 2.75) is 20.3 Å². The molecule has 0 radical (unpaired) electrons. The third kappa shape index (κ3) is 1.83. The van der Waals surface area contributed by atoms with Gasteiger partial charge in [0.2, 0.25) is 0 Å². The Kier molecular flexibility index (Phi) is 2.41. The first-order chi connectivity index (χ1) is 7.20. The Balaban J connectivity index is 2.53. The van der Waals surface area contributed by atoms with E-state index in [-0.39, 0.29) is 0 Å².